The minimum absolute atomic E-state index is 0.207. The van der Waals surface area contributed by atoms with E-state index in [1.54, 1.807) is 0 Å². The lowest BCUT2D eigenvalue weighted by atomic mass is 9.89. The van der Waals surface area contributed by atoms with Gasteiger partial charge in [0.15, 0.2) is 0 Å². The van der Waals surface area contributed by atoms with Crippen molar-refractivity contribution < 1.29 is 14.3 Å². The van der Waals surface area contributed by atoms with Gasteiger partial charge in [-0.1, -0.05) is 6.92 Å². The zero-order valence-corrected chi connectivity index (χ0v) is 13.0. The molecule has 1 rings (SSSR count). The van der Waals surface area contributed by atoms with E-state index >= 15 is 0 Å². The molecule has 19 heavy (non-hydrogen) atoms. The van der Waals surface area contributed by atoms with Crippen LogP contribution in [-0.2, 0) is 14.3 Å². The highest BCUT2D eigenvalue weighted by Crippen LogP contribution is 2.26. The number of carbonyl (C=O) groups is 1. The van der Waals surface area contributed by atoms with Crippen LogP contribution in [0.1, 0.15) is 53.4 Å². The third-order valence-corrected chi connectivity index (χ3v) is 3.81. The summed E-state index contributed by atoms with van der Waals surface area (Å²) in [7, 11) is 1.42. The van der Waals surface area contributed by atoms with Crippen LogP contribution in [0.2, 0.25) is 0 Å². The molecule has 1 atom stereocenters. The van der Waals surface area contributed by atoms with E-state index in [1.165, 1.54) is 20.0 Å². The fourth-order valence-corrected chi connectivity index (χ4v) is 2.70. The number of hydrogen-bond donors (Lipinski definition) is 1. The number of ether oxygens (including phenoxy) is 2. The molecule has 0 spiro atoms. The van der Waals surface area contributed by atoms with Crippen LogP contribution in [0.15, 0.2) is 0 Å². The second kappa shape index (κ2) is 7.25. The van der Waals surface area contributed by atoms with E-state index in [9.17, 15) is 4.79 Å². The predicted molar refractivity (Wildman–Crippen MR) is 76.1 cm³/mol. The Bertz CT molecular complexity index is 285. The maximum absolute atomic E-state index is 11.9. The Morgan fingerprint density at radius 1 is 1.32 bits per heavy atom. The first kappa shape index (κ1) is 16.4. The van der Waals surface area contributed by atoms with Crippen molar-refractivity contribution in [3.63, 3.8) is 0 Å². The SMILES string of the molecule is COC(=O)C(C)(COC1CCC(C)CC1)NC(C)C. The maximum atomic E-state index is 11.9. The number of methoxy groups -OCH3 is 1. The van der Waals surface area contributed by atoms with E-state index < -0.39 is 5.54 Å². The number of hydrogen-bond acceptors (Lipinski definition) is 4. The highest BCUT2D eigenvalue weighted by atomic mass is 16.5. The molecule has 0 aromatic rings. The summed E-state index contributed by atoms with van der Waals surface area (Å²) in [6.45, 7) is 8.54. The molecular weight excluding hydrogens is 242 g/mol. The quantitative estimate of drug-likeness (QED) is 0.754. The summed E-state index contributed by atoms with van der Waals surface area (Å²) in [5.41, 5.74) is -0.758. The molecule has 1 N–H and O–H groups in total. The Hall–Kier alpha value is -0.610. The highest BCUT2D eigenvalue weighted by molar-refractivity contribution is 5.80. The van der Waals surface area contributed by atoms with Crippen LogP contribution in [0.5, 0.6) is 0 Å². The van der Waals surface area contributed by atoms with Crippen molar-refractivity contribution in [2.45, 2.75) is 71.1 Å². The summed E-state index contributed by atoms with van der Waals surface area (Å²) in [6, 6.07) is 0.207. The molecular formula is C15H29NO3. The molecule has 0 saturated heterocycles. The summed E-state index contributed by atoms with van der Waals surface area (Å²) in [5, 5.41) is 3.26. The molecule has 0 aliphatic heterocycles. The van der Waals surface area contributed by atoms with Crippen molar-refractivity contribution in [3.05, 3.63) is 0 Å². The lowest BCUT2D eigenvalue weighted by molar-refractivity contribution is -0.152. The minimum Gasteiger partial charge on any atom is -0.468 e. The van der Waals surface area contributed by atoms with Gasteiger partial charge in [-0.25, -0.2) is 4.79 Å². The highest BCUT2D eigenvalue weighted by Gasteiger charge is 2.36. The molecule has 112 valence electrons. The van der Waals surface area contributed by atoms with Gasteiger partial charge < -0.3 is 9.47 Å². The molecule has 0 radical (unpaired) electrons. The van der Waals surface area contributed by atoms with E-state index in [0.717, 1.165) is 18.8 Å². The van der Waals surface area contributed by atoms with Crippen LogP contribution in [0.25, 0.3) is 0 Å². The molecule has 0 aromatic heterocycles. The summed E-state index contributed by atoms with van der Waals surface area (Å²) >= 11 is 0. The Labute approximate surface area is 117 Å². The largest absolute Gasteiger partial charge is 0.468 e. The van der Waals surface area contributed by atoms with Gasteiger partial charge in [-0.2, -0.15) is 0 Å². The van der Waals surface area contributed by atoms with Gasteiger partial charge in [0.05, 0.1) is 19.8 Å². The smallest absolute Gasteiger partial charge is 0.328 e. The van der Waals surface area contributed by atoms with Gasteiger partial charge in [0, 0.05) is 6.04 Å². The van der Waals surface area contributed by atoms with Crippen molar-refractivity contribution in [2.75, 3.05) is 13.7 Å². The monoisotopic (exact) mass is 271 g/mol. The van der Waals surface area contributed by atoms with E-state index in [-0.39, 0.29) is 18.1 Å². The maximum Gasteiger partial charge on any atom is 0.328 e. The van der Waals surface area contributed by atoms with Crippen LogP contribution in [-0.4, -0.2) is 37.4 Å². The zero-order valence-electron chi connectivity index (χ0n) is 13.0. The van der Waals surface area contributed by atoms with Crippen LogP contribution < -0.4 is 5.32 Å². The van der Waals surface area contributed by atoms with Gasteiger partial charge >= 0.3 is 5.97 Å². The fraction of sp³-hybridized carbons (Fsp3) is 0.933. The van der Waals surface area contributed by atoms with Gasteiger partial charge in [0.25, 0.3) is 0 Å². The topological polar surface area (TPSA) is 47.6 Å². The lowest BCUT2D eigenvalue weighted by Crippen LogP contribution is -2.56. The van der Waals surface area contributed by atoms with Crippen molar-refractivity contribution in [3.8, 4) is 0 Å². The van der Waals surface area contributed by atoms with Crippen molar-refractivity contribution in [1.29, 1.82) is 0 Å². The molecule has 0 amide bonds. The molecule has 4 nitrogen and oxygen atoms in total. The van der Waals surface area contributed by atoms with Crippen LogP contribution in [0.3, 0.4) is 0 Å². The molecule has 1 aliphatic carbocycles. The lowest BCUT2D eigenvalue weighted by Gasteiger charge is -2.33. The fourth-order valence-electron chi connectivity index (χ4n) is 2.70. The standard InChI is InChI=1S/C15H29NO3/c1-11(2)16-15(4,14(17)18-5)10-19-13-8-6-12(3)7-9-13/h11-13,16H,6-10H2,1-5H3. The van der Waals surface area contributed by atoms with Gasteiger partial charge in [-0.05, 0) is 52.4 Å². The molecule has 1 fully saturated rings. The third kappa shape index (κ3) is 5.11. The van der Waals surface area contributed by atoms with E-state index in [4.69, 9.17) is 9.47 Å². The van der Waals surface area contributed by atoms with E-state index in [1.807, 2.05) is 20.8 Å². The van der Waals surface area contributed by atoms with Crippen molar-refractivity contribution in [1.82, 2.24) is 5.32 Å². The summed E-state index contributed by atoms with van der Waals surface area (Å²) < 4.78 is 10.8. The van der Waals surface area contributed by atoms with Crippen molar-refractivity contribution >= 4 is 5.97 Å². The molecule has 1 aliphatic rings. The second-order valence-corrected chi connectivity index (χ2v) is 6.32. The molecule has 0 bridgehead atoms. The van der Waals surface area contributed by atoms with E-state index in [2.05, 4.69) is 12.2 Å². The van der Waals surface area contributed by atoms with Gasteiger partial charge in [0.1, 0.15) is 5.54 Å². The number of rotatable bonds is 6. The molecule has 0 heterocycles. The molecule has 0 aromatic carbocycles. The number of carbonyl (C=O) groups excluding carboxylic acids is 1. The van der Waals surface area contributed by atoms with E-state index in [0.29, 0.717) is 6.61 Å². The zero-order chi connectivity index (χ0) is 14.5. The van der Waals surface area contributed by atoms with Crippen molar-refractivity contribution in [2.24, 2.45) is 5.92 Å². The first-order valence-corrected chi connectivity index (χ1v) is 7.35. The number of nitrogens with one attached hydrogen (secondary N) is 1. The Kier molecular flexibility index (Phi) is 6.27. The van der Waals surface area contributed by atoms with Crippen LogP contribution in [0.4, 0.5) is 0 Å². The Morgan fingerprint density at radius 2 is 1.89 bits per heavy atom. The van der Waals surface area contributed by atoms with Gasteiger partial charge in [-0.3, -0.25) is 5.32 Å². The summed E-state index contributed by atoms with van der Waals surface area (Å²) in [5.74, 6) is 0.547. The minimum atomic E-state index is -0.758. The average molecular weight is 271 g/mol. The number of esters is 1. The Balaban J connectivity index is 2.51. The summed E-state index contributed by atoms with van der Waals surface area (Å²) in [4.78, 5) is 11.9. The molecule has 1 saturated carbocycles. The molecule has 4 heteroatoms. The second-order valence-electron chi connectivity index (χ2n) is 6.32. The third-order valence-electron chi connectivity index (χ3n) is 3.81. The van der Waals surface area contributed by atoms with Gasteiger partial charge in [-0.15, -0.1) is 0 Å². The van der Waals surface area contributed by atoms with Crippen LogP contribution >= 0.6 is 0 Å². The first-order valence-electron chi connectivity index (χ1n) is 7.35. The normalized spacial score (nSPS) is 27.1. The Morgan fingerprint density at radius 3 is 2.37 bits per heavy atom. The summed E-state index contributed by atoms with van der Waals surface area (Å²) in [6.07, 6.45) is 4.92. The predicted octanol–water partition coefficient (Wildman–Crippen LogP) is 2.51. The average Bonchev–Trinajstić information content (AvgIpc) is 2.36. The molecule has 1 unspecified atom stereocenters. The van der Waals surface area contributed by atoms with Crippen LogP contribution in [0, 0.1) is 5.92 Å². The first-order chi connectivity index (χ1) is 8.87. The van der Waals surface area contributed by atoms with Gasteiger partial charge in [0.2, 0.25) is 0 Å².